The van der Waals surface area contributed by atoms with Crippen molar-refractivity contribution >= 4 is 22.7 Å². The highest BCUT2D eigenvalue weighted by Gasteiger charge is 2.26. The molecule has 18 heavy (non-hydrogen) atoms. The molecule has 0 fully saturated rings. The molecular formula is C13H22N4S. The van der Waals surface area contributed by atoms with Gasteiger partial charge in [0, 0.05) is 24.1 Å². The first-order chi connectivity index (χ1) is 8.52. The predicted octanol–water partition coefficient (Wildman–Crippen LogP) is 3.54. The Labute approximate surface area is 113 Å². The highest BCUT2D eigenvalue weighted by Crippen LogP contribution is 2.29. The van der Waals surface area contributed by atoms with Crippen molar-refractivity contribution < 1.29 is 0 Å². The third-order valence-corrected chi connectivity index (χ3v) is 4.26. The largest absolute Gasteiger partial charge is 0.318 e. The highest BCUT2D eigenvalue weighted by atomic mass is 32.2. The van der Waals surface area contributed by atoms with Crippen molar-refractivity contribution in [2.24, 2.45) is 4.99 Å². The fourth-order valence-electron chi connectivity index (χ4n) is 1.82. The van der Waals surface area contributed by atoms with Crippen LogP contribution in [0.4, 0.5) is 5.82 Å². The minimum Gasteiger partial charge on any atom is -0.318 e. The maximum atomic E-state index is 4.80. The number of nitrogens with one attached hydrogen (secondary N) is 1. The minimum atomic E-state index is 0.0915. The number of nitrogens with zero attached hydrogens (tertiary/aromatic N) is 3. The van der Waals surface area contributed by atoms with Crippen LogP contribution in [0.3, 0.4) is 0 Å². The first-order valence-electron chi connectivity index (χ1n) is 6.57. The Morgan fingerprint density at radius 3 is 2.94 bits per heavy atom. The zero-order chi connectivity index (χ0) is 13.2. The molecule has 2 rings (SSSR count). The molecule has 1 aromatic heterocycles. The van der Waals surface area contributed by atoms with Gasteiger partial charge in [-0.1, -0.05) is 18.7 Å². The van der Waals surface area contributed by atoms with Crippen LogP contribution in [0.1, 0.15) is 46.6 Å². The van der Waals surface area contributed by atoms with Crippen molar-refractivity contribution in [2.75, 3.05) is 11.1 Å². The molecule has 0 bridgehead atoms. The molecule has 0 aromatic carbocycles. The molecule has 0 saturated carbocycles. The van der Waals surface area contributed by atoms with Gasteiger partial charge in [-0.3, -0.25) is 9.67 Å². The van der Waals surface area contributed by atoms with E-state index in [9.17, 15) is 0 Å². The topological polar surface area (TPSA) is 42.2 Å². The minimum absolute atomic E-state index is 0.0915. The van der Waals surface area contributed by atoms with Crippen molar-refractivity contribution in [2.45, 2.75) is 52.1 Å². The van der Waals surface area contributed by atoms with Gasteiger partial charge in [-0.2, -0.15) is 5.10 Å². The van der Waals surface area contributed by atoms with Gasteiger partial charge in [-0.15, -0.1) is 0 Å². The lowest BCUT2D eigenvalue weighted by molar-refractivity contribution is 0.443. The summed E-state index contributed by atoms with van der Waals surface area (Å²) in [6.45, 7) is 8.67. The van der Waals surface area contributed by atoms with Crippen LogP contribution in [0.25, 0.3) is 0 Å². The zero-order valence-electron chi connectivity index (χ0n) is 11.6. The second kappa shape index (κ2) is 5.34. The van der Waals surface area contributed by atoms with Gasteiger partial charge in [0.2, 0.25) is 0 Å². The summed E-state index contributed by atoms with van der Waals surface area (Å²) >= 11 is 1.78. The van der Waals surface area contributed by atoms with E-state index < -0.39 is 0 Å². The SMILES string of the molecule is CCC1(C)CCSC(Nc2ccn(C(C)C)n2)=N1. The zero-order valence-corrected chi connectivity index (χ0v) is 12.4. The van der Waals surface area contributed by atoms with E-state index in [2.05, 4.69) is 38.1 Å². The van der Waals surface area contributed by atoms with E-state index in [1.54, 1.807) is 11.8 Å². The lowest BCUT2D eigenvalue weighted by atomic mass is 9.97. The van der Waals surface area contributed by atoms with Crippen LogP contribution in [0.2, 0.25) is 0 Å². The monoisotopic (exact) mass is 266 g/mol. The predicted molar refractivity (Wildman–Crippen MR) is 79.4 cm³/mol. The van der Waals surface area contributed by atoms with Gasteiger partial charge in [0.15, 0.2) is 11.0 Å². The summed E-state index contributed by atoms with van der Waals surface area (Å²) < 4.78 is 1.95. The molecule has 1 atom stereocenters. The van der Waals surface area contributed by atoms with Crippen LogP contribution in [0.5, 0.6) is 0 Å². The fourth-order valence-corrected chi connectivity index (χ4v) is 3.02. The molecule has 0 saturated heterocycles. The Morgan fingerprint density at radius 1 is 1.56 bits per heavy atom. The number of hydrogen-bond donors (Lipinski definition) is 1. The Bertz CT molecular complexity index is 438. The normalized spacial score (nSPS) is 24.2. The molecular weight excluding hydrogens is 244 g/mol. The number of hydrogen-bond acceptors (Lipinski definition) is 4. The van der Waals surface area contributed by atoms with E-state index >= 15 is 0 Å². The first-order valence-corrected chi connectivity index (χ1v) is 7.56. The Hall–Kier alpha value is -0.970. The summed E-state index contributed by atoms with van der Waals surface area (Å²) in [6, 6.07) is 2.39. The number of amidine groups is 1. The Kier molecular flexibility index (Phi) is 4.00. The van der Waals surface area contributed by atoms with Gasteiger partial charge < -0.3 is 5.32 Å². The van der Waals surface area contributed by atoms with E-state index in [0.29, 0.717) is 6.04 Å². The van der Waals surface area contributed by atoms with Crippen LogP contribution in [-0.4, -0.2) is 26.2 Å². The van der Waals surface area contributed by atoms with E-state index in [0.717, 1.165) is 29.6 Å². The second-order valence-corrected chi connectivity index (χ2v) is 6.35. The fraction of sp³-hybridized carbons (Fsp3) is 0.692. The summed E-state index contributed by atoms with van der Waals surface area (Å²) in [5, 5.41) is 8.82. The molecule has 100 valence electrons. The summed E-state index contributed by atoms with van der Waals surface area (Å²) in [5.41, 5.74) is 0.0915. The van der Waals surface area contributed by atoms with Gasteiger partial charge in [0.1, 0.15) is 0 Å². The molecule has 4 nitrogen and oxygen atoms in total. The van der Waals surface area contributed by atoms with Gasteiger partial charge in [-0.25, -0.2) is 0 Å². The highest BCUT2D eigenvalue weighted by molar-refractivity contribution is 8.14. The van der Waals surface area contributed by atoms with Crippen molar-refractivity contribution in [1.82, 2.24) is 9.78 Å². The first kappa shape index (κ1) is 13.5. The van der Waals surface area contributed by atoms with Crippen LogP contribution >= 0.6 is 11.8 Å². The molecule has 0 amide bonds. The molecule has 1 aliphatic rings. The van der Waals surface area contributed by atoms with E-state index in [1.807, 2.05) is 16.9 Å². The van der Waals surface area contributed by atoms with E-state index in [1.165, 1.54) is 0 Å². The van der Waals surface area contributed by atoms with Gasteiger partial charge in [0.25, 0.3) is 0 Å². The molecule has 1 aromatic rings. The van der Waals surface area contributed by atoms with E-state index in [-0.39, 0.29) is 5.54 Å². The van der Waals surface area contributed by atoms with Gasteiger partial charge >= 0.3 is 0 Å². The summed E-state index contributed by atoms with van der Waals surface area (Å²) in [4.78, 5) is 4.80. The summed E-state index contributed by atoms with van der Waals surface area (Å²) in [6.07, 6.45) is 4.24. The second-order valence-electron chi connectivity index (χ2n) is 5.27. The van der Waals surface area contributed by atoms with Crippen molar-refractivity contribution in [1.29, 1.82) is 0 Å². The third-order valence-electron chi connectivity index (χ3n) is 3.38. The number of aromatic nitrogens is 2. The van der Waals surface area contributed by atoms with Crippen LogP contribution in [0, 0.1) is 0 Å². The number of thioether (sulfide) groups is 1. The Morgan fingerprint density at radius 2 is 2.33 bits per heavy atom. The molecule has 1 unspecified atom stereocenters. The van der Waals surface area contributed by atoms with Gasteiger partial charge in [-0.05, 0) is 33.6 Å². The lowest BCUT2D eigenvalue weighted by Gasteiger charge is -2.28. The lowest BCUT2D eigenvalue weighted by Crippen LogP contribution is -2.29. The van der Waals surface area contributed by atoms with Crippen molar-refractivity contribution in [3.63, 3.8) is 0 Å². The molecule has 5 heteroatoms. The molecule has 2 heterocycles. The molecule has 1 N–H and O–H groups in total. The van der Waals surface area contributed by atoms with Crippen LogP contribution in [-0.2, 0) is 0 Å². The average molecular weight is 266 g/mol. The van der Waals surface area contributed by atoms with Crippen molar-refractivity contribution in [3.05, 3.63) is 12.3 Å². The maximum absolute atomic E-state index is 4.80. The quantitative estimate of drug-likeness (QED) is 0.910. The standard InChI is InChI=1S/C13H22N4S/c1-5-13(4)7-9-18-12(15-13)14-11-6-8-17(16-11)10(2)3/h6,8,10H,5,7,9H2,1-4H3,(H,14,15,16). The number of anilines is 1. The Balaban J connectivity index is 2.08. The third kappa shape index (κ3) is 3.07. The molecule has 0 spiro atoms. The average Bonchev–Trinajstić information content (AvgIpc) is 2.78. The van der Waals surface area contributed by atoms with E-state index in [4.69, 9.17) is 4.99 Å². The van der Waals surface area contributed by atoms with Crippen LogP contribution < -0.4 is 5.32 Å². The number of rotatable bonds is 3. The van der Waals surface area contributed by atoms with Crippen molar-refractivity contribution in [3.8, 4) is 0 Å². The van der Waals surface area contributed by atoms with Crippen LogP contribution in [0.15, 0.2) is 17.3 Å². The smallest absolute Gasteiger partial charge is 0.162 e. The maximum Gasteiger partial charge on any atom is 0.162 e. The van der Waals surface area contributed by atoms with Gasteiger partial charge in [0.05, 0.1) is 5.54 Å². The molecule has 0 radical (unpaired) electrons. The summed E-state index contributed by atoms with van der Waals surface area (Å²) in [7, 11) is 0. The molecule has 0 aliphatic carbocycles. The summed E-state index contributed by atoms with van der Waals surface area (Å²) in [5.74, 6) is 2.01. The molecule has 1 aliphatic heterocycles. The number of aliphatic imine (C=N–C) groups is 1.